The highest BCUT2D eigenvalue weighted by atomic mass is 16.5. The molecule has 5 heteroatoms. The molecule has 0 saturated heterocycles. The molecule has 0 aromatic carbocycles. The minimum Gasteiger partial charge on any atom is -0.382 e. The Labute approximate surface area is 115 Å². The van der Waals surface area contributed by atoms with E-state index in [-0.39, 0.29) is 0 Å². The summed E-state index contributed by atoms with van der Waals surface area (Å²) in [5.41, 5.74) is 2.43. The van der Waals surface area contributed by atoms with Crippen molar-refractivity contribution >= 4 is 0 Å². The van der Waals surface area contributed by atoms with E-state index < -0.39 is 0 Å². The van der Waals surface area contributed by atoms with Gasteiger partial charge in [0.1, 0.15) is 0 Å². The molecule has 0 saturated carbocycles. The largest absolute Gasteiger partial charge is 0.382 e. The van der Waals surface area contributed by atoms with E-state index in [1.165, 1.54) is 5.69 Å². The summed E-state index contributed by atoms with van der Waals surface area (Å²) in [4.78, 5) is 0. The summed E-state index contributed by atoms with van der Waals surface area (Å²) in [5, 5.41) is 4.55. The van der Waals surface area contributed by atoms with Crippen molar-refractivity contribution in [2.24, 2.45) is 0 Å². The summed E-state index contributed by atoms with van der Waals surface area (Å²) in [6.45, 7) is 8.24. The summed E-state index contributed by atoms with van der Waals surface area (Å²) < 4.78 is 17.8. The lowest BCUT2D eigenvalue weighted by molar-refractivity contribution is 0.0224. The van der Waals surface area contributed by atoms with Crippen LogP contribution in [0.25, 0.3) is 0 Å². The first-order valence-electron chi connectivity index (χ1n) is 7.01. The predicted octanol–water partition coefficient (Wildman–Crippen LogP) is 1.69. The molecule has 0 bridgehead atoms. The topological polar surface area (TPSA) is 45.5 Å². The highest BCUT2D eigenvalue weighted by molar-refractivity contribution is 5.10. The number of aromatic nitrogens is 2. The van der Waals surface area contributed by atoms with Crippen LogP contribution in [0.15, 0.2) is 6.07 Å². The lowest BCUT2D eigenvalue weighted by Gasteiger charge is -2.07. The number of aryl methyl sites for hydroxylation is 2. The number of hydrogen-bond donors (Lipinski definition) is 0. The molecule has 1 aromatic heterocycles. The second kappa shape index (κ2) is 9.95. The normalized spacial score (nSPS) is 11.1. The van der Waals surface area contributed by atoms with Gasteiger partial charge in [-0.3, -0.25) is 4.68 Å². The van der Waals surface area contributed by atoms with Gasteiger partial charge in [0.25, 0.3) is 0 Å². The van der Waals surface area contributed by atoms with Crippen molar-refractivity contribution in [2.45, 2.75) is 33.2 Å². The first-order chi connectivity index (χ1) is 9.31. The van der Waals surface area contributed by atoms with Crippen LogP contribution in [0.4, 0.5) is 0 Å². The third-order valence-electron chi connectivity index (χ3n) is 2.89. The van der Waals surface area contributed by atoms with E-state index in [9.17, 15) is 0 Å². The Bertz CT molecular complexity index is 339. The zero-order chi connectivity index (χ0) is 13.9. The molecular weight excluding hydrogens is 244 g/mol. The maximum Gasteiger partial charge on any atom is 0.0701 e. The molecule has 0 fully saturated rings. The average molecular weight is 270 g/mol. The van der Waals surface area contributed by atoms with Crippen LogP contribution in [0.5, 0.6) is 0 Å². The Hall–Kier alpha value is -0.910. The van der Waals surface area contributed by atoms with Crippen LogP contribution >= 0.6 is 0 Å². The maximum absolute atomic E-state index is 5.53. The molecule has 0 atom stereocenters. The van der Waals surface area contributed by atoms with Crippen LogP contribution in [-0.2, 0) is 33.6 Å². The molecule has 1 heterocycles. The van der Waals surface area contributed by atoms with E-state index in [1.807, 2.05) is 4.68 Å². The Balaban J connectivity index is 2.13. The number of ether oxygens (including phenoxy) is 3. The lowest BCUT2D eigenvalue weighted by atomic mass is 10.3. The minimum atomic E-state index is 0.614. The summed E-state index contributed by atoms with van der Waals surface area (Å²) in [7, 11) is 1.67. The Kier molecular flexibility index (Phi) is 8.45. The molecule has 0 aliphatic rings. The molecular formula is C14H26N2O3. The molecule has 5 nitrogen and oxygen atoms in total. The zero-order valence-corrected chi connectivity index (χ0v) is 12.4. The van der Waals surface area contributed by atoms with Crippen LogP contribution < -0.4 is 0 Å². The third kappa shape index (κ3) is 6.18. The van der Waals surface area contributed by atoms with Gasteiger partial charge in [0, 0.05) is 12.8 Å². The predicted molar refractivity (Wildman–Crippen MR) is 74.5 cm³/mol. The smallest absolute Gasteiger partial charge is 0.0701 e. The van der Waals surface area contributed by atoms with Crippen LogP contribution in [-0.4, -0.2) is 49.9 Å². The molecule has 0 aliphatic carbocycles. The summed E-state index contributed by atoms with van der Waals surface area (Å²) in [5.74, 6) is 0. The SMILES string of the molecule is CCc1cc(CC)n(CCOCCOCCOC)n1. The summed E-state index contributed by atoms with van der Waals surface area (Å²) in [6, 6.07) is 2.17. The van der Waals surface area contributed by atoms with Crippen molar-refractivity contribution in [1.82, 2.24) is 9.78 Å². The van der Waals surface area contributed by atoms with Gasteiger partial charge >= 0.3 is 0 Å². The fourth-order valence-electron chi connectivity index (χ4n) is 1.78. The standard InChI is InChI=1S/C14H26N2O3/c1-4-13-12-14(5-2)16(15-13)6-7-18-10-11-19-9-8-17-3/h12H,4-11H2,1-3H3. The van der Waals surface area contributed by atoms with Gasteiger partial charge in [0.2, 0.25) is 0 Å². The molecule has 110 valence electrons. The van der Waals surface area contributed by atoms with Gasteiger partial charge < -0.3 is 14.2 Å². The number of nitrogens with zero attached hydrogens (tertiary/aromatic N) is 2. The van der Waals surface area contributed by atoms with Crippen LogP contribution in [0.3, 0.4) is 0 Å². The van der Waals surface area contributed by atoms with Gasteiger partial charge in [0.15, 0.2) is 0 Å². The van der Waals surface area contributed by atoms with E-state index in [0.717, 1.165) is 25.1 Å². The van der Waals surface area contributed by atoms with Gasteiger partial charge in [-0.1, -0.05) is 13.8 Å². The monoisotopic (exact) mass is 270 g/mol. The van der Waals surface area contributed by atoms with Crippen molar-refractivity contribution in [1.29, 1.82) is 0 Å². The number of methoxy groups -OCH3 is 1. The van der Waals surface area contributed by atoms with Crippen molar-refractivity contribution in [3.63, 3.8) is 0 Å². The van der Waals surface area contributed by atoms with E-state index in [2.05, 4.69) is 25.0 Å². The lowest BCUT2D eigenvalue weighted by Crippen LogP contribution is -2.13. The van der Waals surface area contributed by atoms with Crippen LogP contribution in [0, 0.1) is 0 Å². The first-order valence-corrected chi connectivity index (χ1v) is 7.01. The van der Waals surface area contributed by atoms with E-state index in [0.29, 0.717) is 33.0 Å². The molecule has 0 radical (unpaired) electrons. The van der Waals surface area contributed by atoms with Gasteiger partial charge in [-0.25, -0.2) is 0 Å². The molecule has 1 rings (SSSR count). The molecule has 0 spiro atoms. The van der Waals surface area contributed by atoms with Gasteiger partial charge in [-0.2, -0.15) is 5.10 Å². The van der Waals surface area contributed by atoms with Gasteiger partial charge in [-0.05, 0) is 18.9 Å². The Morgan fingerprint density at radius 1 is 1.00 bits per heavy atom. The molecule has 1 aromatic rings. The van der Waals surface area contributed by atoms with Crippen LogP contribution in [0.2, 0.25) is 0 Å². The van der Waals surface area contributed by atoms with Crippen molar-refractivity contribution in [3.05, 3.63) is 17.5 Å². The highest BCUT2D eigenvalue weighted by Gasteiger charge is 2.04. The fourth-order valence-corrected chi connectivity index (χ4v) is 1.78. The maximum atomic E-state index is 5.53. The second-order valence-corrected chi connectivity index (χ2v) is 4.27. The van der Waals surface area contributed by atoms with Crippen LogP contribution in [0.1, 0.15) is 25.2 Å². The van der Waals surface area contributed by atoms with E-state index in [4.69, 9.17) is 14.2 Å². The second-order valence-electron chi connectivity index (χ2n) is 4.27. The molecule has 0 unspecified atom stereocenters. The van der Waals surface area contributed by atoms with Crippen molar-refractivity contribution in [2.75, 3.05) is 40.1 Å². The molecule has 19 heavy (non-hydrogen) atoms. The summed E-state index contributed by atoms with van der Waals surface area (Å²) >= 11 is 0. The number of hydrogen-bond acceptors (Lipinski definition) is 4. The zero-order valence-electron chi connectivity index (χ0n) is 12.4. The Morgan fingerprint density at radius 2 is 1.68 bits per heavy atom. The average Bonchev–Trinajstić information content (AvgIpc) is 2.84. The van der Waals surface area contributed by atoms with Gasteiger partial charge in [-0.15, -0.1) is 0 Å². The summed E-state index contributed by atoms with van der Waals surface area (Å²) in [6.07, 6.45) is 1.99. The van der Waals surface area contributed by atoms with E-state index >= 15 is 0 Å². The molecule has 0 amide bonds. The molecule has 0 aliphatic heterocycles. The minimum absolute atomic E-state index is 0.614. The van der Waals surface area contributed by atoms with Gasteiger partial charge in [0.05, 0.1) is 45.3 Å². The fraction of sp³-hybridized carbons (Fsp3) is 0.786. The third-order valence-corrected chi connectivity index (χ3v) is 2.89. The Morgan fingerprint density at radius 3 is 2.32 bits per heavy atom. The quantitative estimate of drug-likeness (QED) is 0.574. The van der Waals surface area contributed by atoms with Crippen molar-refractivity contribution < 1.29 is 14.2 Å². The number of rotatable bonds is 11. The van der Waals surface area contributed by atoms with Crippen molar-refractivity contribution in [3.8, 4) is 0 Å². The molecule has 0 N–H and O–H groups in total. The first kappa shape index (κ1) is 16.1. The van der Waals surface area contributed by atoms with E-state index in [1.54, 1.807) is 7.11 Å². The highest BCUT2D eigenvalue weighted by Crippen LogP contribution is 2.06.